The molecule has 0 bridgehead atoms. The van der Waals surface area contributed by atoms with E-state index in [1.165, 1.54) is 77.6 Å². The highest BCUT2D eigenvalue weighted by Gasteiger charge is 2.12. The maximum absolute atomic E-state index is 2.52. The predicted molar refractivity (Wildman–Crippen MR) is 109 cm³/mol. The molecule has 0 radical (unpaired) electrons. The van der Waals surface area contributed by atoms with E-state index >= 15 is 0 Å². The second-order valence-corrected chi connectivity index (χ2v) is 7.61. The molecule has 0 nitrogen and oxygen atoms in total. The molecular formula is C25H28. The van der Waals surface area contributed by atoms with Gasteiger partial charge in [-0.3, -0.25) is 0 Å². The lowest BCUT2D eigenvalue weighted by atomic mass is 9.88. The highest BCUT2D eigenvalue weighted by molar-refractivity contribution is 5.77. The topological polar surface area (TPSA) is 0 Å². The van der Waals surface area contributed by atoms with Crippen LogP contribution in [0.3, 0.4) is 0 Å². The van der Waals surface area contributed by atoms with Gasteiger partial charge in [0, 0.05) is 0 Å². The average molecular weight is 328 g/mol. The SMILES string of the molecule is CCCc1ccc(-c2cccc3c2=CC(=CC2CCCCC2)C=3)cc1. The third-order valence-corrected chi connectivity index (χ3v) is 5.65. The number of hydrogen-bond donors (Lipinski definition) is 0. The van der Waals surface area contributed by atoms with Crippen molar-refractivity contribution in [1.82, 2.24) is 0 Å². The molecule has 0 N–H and O–H groups in total. The fourth-order valence-electron chi connectivity index (χ4n) is 4.32. The van der Waals surface area contributed by atoms with Gasteiger partial charge in [0.15, 0.2) is 0 Å². The van der Waals surface area contributed by atoms with Crippen LogP contribution in [-0.2, 0) is 6.42 Å². The monoisotopic (exact) mass is 328 g/mol. The van der Waals surface area contributed by atoms with Crippen molar-refractivity contribution in [2.24, 2.45) is 5.92 Å². The maximum atomic E-state index is 2.52. The van der Waals surface area contributed by atoms with E-state index in [9.17, 15) is 0 Å². The molecule has 4 rings (SSSR count). The van der Waals surface area contributed by atoms with Crippen LogP contribution in [0.4, 0.5) is 0 Å². The summed E-state index contributed by atoms with van der Waals surface area (Å²) >= 11 is 0. The van der Waals surface area contributed by atoms with E-state index in [0.29, 0.717) is 0 Å². The number of rotatable bonds is 4. The van der Waals surface area contributed by atoms with Crippen molar-refractivity contribution in [3.8, 4) is 11.1 Å². The summed E-state index contributed by atoms with van der Waals surface area (Å²) in [5.41, 5.74) is 5.55. The van der Waals surface area contributed by atoms with Gasteiger partial charge in [0.25, 0.3) is 0 Å². The Morgan fingerprint density at radius 1 is 0.920 bits per heavy atom. The first-order valence-electron chi connectivity index (χ1n) is 9.97. The molecule has 2 aromatic rings. The van der Waals surface area contributed by atoms with E-state index in [1.54, 1.807) is 0 Å². The smallest absolute Gasteiger partial charge is 0.00994 e. The van der Waals surface area contributed by atoms with Gasteiger partial charge in [-0.05, 0) is 70.0 Å². The van der Waals surface area contributed by atoms with Crippen LogP contribution in [0, 0.1) is 5.92 Å². The van der Waals surface area contributed by atoms with Gasteiger partial charge in [-0.25, -0.2) is 0 Å². The number of hydrogen-bond acceptors (Lipinski definition) is 0. The van der Waals surface area contributed by atoms with Crippen LogP contribution < -0.4 is 10.4 Å². The van der Waals surface area contributed by atoms with Crippen molar-refractivity contribution in [2.45, 2.75) is 51.9 Å². The lowest BCUT2D eigenvalue weighted by Gasteiger charge is -2.18. The molecule has 1 fully saturated rings. The zero-order chi connectivity index (χ0) is 17.1. The first-order chi connectivity index (χ1) is 12.3. The van der Waals surface area contributed by atoms with E-state index in [1.807, 2.05) is 0 Å². The number of fused-ring (bicyclic) bond motifs is 1. The Hall–Kier alpha value is -2.08. The van der Waals surface area contributed by atoms with Gasteiger partial charge in [-0.15, -0.1) is 0 Å². The third-order valence-electron chi connectivity index (χ3n) is 5.65. The summed E-state index contributed by atoms with van der Waals surface area (Å²) in [6.45, 7) is 2.24. The molecule has 25 heavy (non-hydrogen) atoms. The minimum Gasteiger partial charge on any atom is -0.0741 e. The molecule has 2 aliphatic carbocycles. The minimum absolute atomic E-state index is 0.780. The molecule has 0 spiro atoms. The molecule has 2 aliphatic rings. The molecule has 128 valence electrons. The van der Waals surface area contributed by atoms with Gasteiger partial charge in [0.2, 0.25) is 0 Å². The molecule has 0 saturated heterocycles. The van der Waals surface area contributed by atoms with Crippen LogP contribution >= 0.6 is 0 Å². The number of aryl methyl sites for hydroxylation is 1. The van der Waals surface area contributed by atoms with Crippen molar-refractivity contribution >= 4 is 12.2 Å². The second kappa shape index (κ2) is 7.44. The normalized spacial score (nSPS) is 18.7. The summed E-state index contributed by atoms with van der Waals surface area (Å²) in [6, 6.07) is 15.9. The van der Waals surface area contributed by atoms with Crippen molar-refractivity contribution in [3.05, 3.63) is 70.1 Å². The summed E-state index contributed by atoms with van der Waals surface area (Å²) in [5, 5.41) is 2.77. The van der Waals surface area contributed by atoms with Gasteiger partial charge < -0.3 is 0 Å². The van der Waals surface area contributed by atoms with E-state index in [-0.39, 0.29) is 0 Å². The minimum atomic E-state index is 0.780. The predicted octanol–water partition coefficient (Wildman–Crippen LogP) is 5.39. The fraction of sp³-hybridized carbons (Fsp3) is 0.360. The second-order valence-electron chi connectivity index (χ2n) is 7.61. The molecule has 1 saturated carbocycles. The Morgan fingerprint density at radius 3 is 2.48 bits per heavy atom. The molecule has 0 unspecified atom stereocenters. The summed E-state index contributed by atoms with van der Waals surface area (Å²) in [7, 11) is 0. The number of allylic oxidation sites excluding steroid dienone is 2. The molecule has 0 aliphatic heterocycles. The molecular weight excluding hydrogens is 300 g/mol. The highest BCUT2D eigenvalue weighted by Crippen LogP contribution is 2.26. The van der Waals surface area contributed by atoms with Gasteiger partial charge in [-0.1, -0.05) is 81.1 Å². The van der Waals surface area contributed by atoms with E-state index < -0.39 is 0 Å². The van der Waals surface area contributed by atoms with E-state index in [4.69, 9.17) is 0 Å². The molecule has 0 aromatic heterocycles. The Bertz CT molecular complexity index is 875. The molecule has 0 atom stereocenters. The first kappa shape index (κ1) is 16.4. The molecule has 0 amide bonds. The molecule has 0 heteroatoms. The van der Waals surface area contributed by atoms with Crippen LogP contribution in [0.5, 0.6) is 0 Å². The summed E-state index contributed by atoms with van der Waals surface area (Å²) in [6.07, 6.45) is 16.6. The zero-order valence-electron chi connectivity index (χ0n) is 15.3. The van der Waals surface area contributed by atoms with Gasteiger partial charge >= 0.3 is 0 Å². The third kappa shape index (κ3) is 3.63. The Labute approximate surface area is 151 Å². The van der Waals surface area contributed by atoms with Gasteiger partial charge in [-0.2, -0.15) is 0 Å². The number of benzene rings is 2. The van der Waals surface area contributed by atoms with Crippen molar-refractivity contribution in [1.29, 1.82) is 0 Å². The first-order valence-corrected chi connectivity index (χ1v) is 9.97. The van der Waals surface area contributed by atoms with Crippen molar-refractivity contribution in [3.63, 3.8) is 0 Å². The fourth-order valence-corrected chi connectivity index (χ4v) is 4.32. The molecule has 0 heterocycles. The van der Waals surface area contributed by atoms with Crippen molar-refractivity contribution in [2.75, 3.05) is 0 Å². The standard InChI is InChI=1S/C25H28/c1-2-7-19-12-14-22(15-13-19)24-11-6-10-23-17-21(18-25(23)24)16-20-8-4-3-5-9-20/h6,10-18,20H,2-5,7-9H2,1H3. The van der Waals surface area contributed by atoms with E-state index in [2.05, 4.69) is 67.6 Å². The van der Waals surface area contributed by atoms with Crippen LogP contribution in [0.25, 0.3) is 23.3 Å². The van der Waals surface area contributed by atoms with Crippen LogP contribution in [0.2, 0.25) is 0 Å². The quantitative estimate of drug-likeness (QED) is 0.706. The van der Waals surface area contributed by atoms with Crippen LogP contribution in [0.1, 0.15) is 51.0 Å². The summed E-state index contributed by atoms with van der Waals surface area (Å²) in [4.78, 5) is 0. The van der Waals surface area contributed by atoms with E-state index in [0.717, 1.165) is 5.92 Å². The summed E-state index contributed by atoms with van der Waals surface area (Å²) in [5.74, 6) is 0.780. The van der Waals surface area contributed by atoms with Crippen molar-refractivity contribution < 1.29 is 0 Å². The average Bonchev–Trinajstić information content (AvgIpc) is 3.06. The highest BCUT2D eigenvalue weighted by atomic mass is 14.2. The van der Waals surface area contributed by atoms with Gasteiger partial charge in [0.1, 0.15) is 0 Å². The zero-order valence-corrected chi connectivity index (χ0v) is 15.3. The summed E-state index contributed by atoms with van der Waals surface area (Å²) < 4.78 is 0. The Balaban J connectivity index is 1.68. The van der Waals surface area contributed by atoms with Gasteiger partial charge in [0.05, 0.1) is 0 Å². The molecule has 2 aromatic carbocycles. The van der Waals surface area contributed by atoms with Crippen LogP contribution in [-0.4, -0.2) is 0 Å². The lowest BCUT2D eigenvalue weighted by Crippen LogP contribution is -2.22. The largest absolute Gasteiger partial charge is 0.0741 e. The Kier molecular flexibility index (Phi) is 4.88. The Morgan fingerprint density at radius 2 is 1.72 bits per heavy atom. The maximum Gasteiger partial charge on any atom is -0.00994 e. The lowest BCUT2D eigenvalue weighted by molar-refractivity contribution is 0.419. The van der Waals surface area contributed by atoms with Crippen LogP contribution in [0.15, 0.2) is 54.1 Å².